The number of benzene rings is 1. The first kappa shape index (κ1) is 16.3. The fraction of sp³-hybridized carbons (Fsp3) is 0.385. The van der Waals surface area contributed by atoms with Crippen molar-refractivity contribution in [1.29, 1.82) is 0 Å². The van der Waals surface area contributed by atoms with Crippen molar-refractivity contribution in [2.45, 2.75) is 13.3 Å². The van der Waals surface area contributed by atoms with Gasteiger partial charge in [0.15, 0.2) is 5.84 Å². The van der Waals surface area contributed by atoms with Crippen LogP contribution < -0.4 is 11.1 Å². The molecule has 1 aromatic rings. The van der Waals surface area contributed by atoms with Crippen LogP contribution in [-0.4, -0.2) is 30.7 Å². The summed E-state index contributed by atoms with van der Waals surface area (Å²) in [6.45, 7) is 2.42. The lowest BCUT2D eigenvalue weighted by atomic mass is 10.1. The lowest BCUT2D eigenvalue weighted by Gasteiger charge is -2.12. The summed E-state index contributed by atoms with van der Waals surface area (Å²) in [4.78, 5) is 11.9. The van der Waals surface area contributed by atoms with Gasteiger partial charge in [-0.2, -0.15) is 0 Å². The fourth-order valence-electron chi connectivity index (χ4n) is 1.70. The van der Waals surface area contributed by atoms with Gasteiger partial charge >= 0.3 is 0 Å². The first-order chi connectivity index (χ1) is 9.47. The van der Waals surface area contributed by atoms with Gasteiger partial charge in [-0.1, -0.05) is 23.7 Å². The van der Waals surface area contributed by atoms with E-state index in [1.165, 1.54) is 0 Å². The maximum Gasteiger partial charge on any atom is 0.224 e. The number of ether oxygens (including phenoxy) is 1. The highest BCUT2D eigenvalue weighted by Crippen LogP contribution is 2.23. The highest BCUT2D eigenvalue weighted by Gasteiger charge is 2.12. The minimum atomic E-state index is -0.173. The smallest absolute Gasteiger partial charge is 0.224 e. The Balaban J connectivity index is 2.78. The second kappa shape index (κ2) is 7.72. The van der Waals surface area contributed by atoms with Gasteiger partial charge in [0.2, 0.25) is 5.91 Å². The van der Waals surface area contributed by atoms with Gasteiger partial charge in [0.1, 0.15) is 0 Å². The van der Waals surface area contributed by atoms with Crippen LogP contribution in [0.2, 0.25) is 5.02 Å². The Kier molecular flexibility index (Phi) is 6.27. The summed E-state index contributed by atoms with van der Waals surface area (Å²) in [7, 11) is 1.59. The van der Waals surface area contributed by atoms with Crippen LogP contribution in [0.5, 0.6) is 0 Å². The van der Waals surface area contributed by atoms with Crippen LogP contribution in [0, 0.1) is 5.92 Å². The molecule has 1 rings (SSSR count). The number of hydrogen-bond donors (Lipinski definition) is 3. The van der Waals surface area contributed by atoms with Gasteiger partial charge in [0.05, 0.1) is 10.7 Å². The Morgan fingerprint density at radius 2 is 2.30 bits per heavy atom. The van der Waals surface area contributed by atoms with Crippen molar-refractivity contribution in [3.05, 3.63) is 28.8 Å². The van der Waals surface area contributed by atoms with Crippen molar-refractivity contribution in [3.63, 3.8) is 0 Å². The predicted molar refractivity (Wildman–Crippen MR) is 78.2 cm³/mol. The molecule has 0 radical (unpaired) electrons. The van der Waals surface area contributed by atoms with Gasteiger partial charge in [0.25, 0.3) is 0 Å². The van der Waals surface area contributed by atoms with Gasteiger partial charge in [-0.3, -0.25) is 4.79 Å². The molecule has 0 aromatic heterocycles. The highest BCUT2D eigenvalue weighted by molar-refractivity contribution is 6.33. The van der Waals surface area contributed by atoms with E-state index in [4.69, 9.17) is 27.3 Å². The Bertz CT molecular complexity index is 506. The minimum Gasteiger partial charge on any atom is -0.409 e. The molecular weight excluding hydrogens is 282 g/mol. The monoisotopic (exact) mass is 299 g/mol. The minimum absolute atomic E-state index is 0.0510. The number of halogens is 1. The lowest BCUT2D eigenvalue weighted by molar-refractivity contribution is -0.117. The zero-order valence-electron chi connectivity index (χ0n) is 11.4. The molecule has 0 bridgehead atoms. The molecule has 4 N–H and O–H groups in total. The van der Waals surface area contributed by atoms with Crippen LogP contribution in [-0.2, 0) is 9.53 Å². The van der Waals surface area contributed by atoms with E-state index in [1.807, 2.05) is 6.92 Å². The third-order valence-corrected chi connectivity index (χ3v) is 2.96. The summed E-state index contributed by atoms with van der Waals surface area (Å²) in [5, 5.41) is 14.6. The summed E-state index contributed by atoms with van der Waals surface area (Å²) >= 11 is 6.00. The number of hydrogen-bond acceptors (Lipinski definition) is 4. The number of anilines is 1. The number of carbonyl (C=O) groups is 1. The quantitative estimate of drug-likeness (QED) is 0.324. The largest absolute Gasteiger partial charge is 0.409 e. The molecule has 0 aliphatic carbocycles. The molecule has 1 unspecified atom stereocenters. The molecule has 0 spiro atoms. The van der Waals surface area contributed by atoms with E-state index in [2.05, 4.69) is 10.5 Å². The molecule has 110 valence electrons. The number of oxime groups is 1. The number of methoxy groups -OCH3 is 1. The normalized spacial score (nSPS) is 13.1. The van der Waals surface area contributed by atoms with Crippen LogP contribution in [0.1, 0.15) is 18.9 Å². The first-order valence-electron chi connectivity index (χ1n) is 6.04. The second-order valence-corrected chi connectivity index (χ2v) is 4.90. The summed E-state index contributed by atoms with van der Waals surface area (Å²) in [5.74, 6) is -0.121. The summed E-state index contributed by atoms with van der Waals surface area (Å²) in [5.41, 5.74) is 6.38. The summed E-state index contributed by atoms with van der Waals surface area (Å²) < 4.78 is 4.98. The molecule has 0 heterocycles. The standard InChI is InChI=1S/C13H18ClN3O3/c1-8(7-20-2)5-12(18)16-11-6-9(13(15)17-19)3-4-10(11)14/h3-4,6,8,19H,5,7H2,1-2H3,(H2,15,17)(H,16,18). The highest BCUT2D eigenvalue weighted by atomic mass is 35.5. The topological polar surface area (TPSA) is 96.9 Å². The number of nitrogens with one attached hydrogen (secondary N) is 1. The molecule has 6 nitrogen and oxygen atoms in total. The lowest BCUT2D eigenvalue weighted by Crippen LogP contribution is -2.18. The molecule has 20 heavy (non-hydrogen) atoms. The van der Waals surface area contributed by atoms with E-state index < -0.39 is 0 Å². The zero-order valence-corrected chi connectivity index (χ0v) is 12.1. The molecule has 0 aliphatic heterocycles. The Labute approximate surface area is 122 Å². The average Bonchev–Trinajstić information content (AvgIpc) is 2.40. The zero-order chi connectivity index (χ0) is 15.1. The van der Waals surface area contributed by atoms with Gasteiger partial charge < -0.3 is 21.0 Å². The molecule has 0 saturated carbocycles. The van der Waals surface area contributed by atoms with Crippen molar-refractivity contribution >= 4 is 29.0 Å². The van der Waals surface area contributed by atoms with Crippen LogP contribution in [0.15, 0.2) is 23.4 Å². The van der Waals surface area contributed by atoms with Gasteiger partial charge in [-0.05, 0) is 24.1 Å². The number of rotatable bonds is 6. The van der Waals surface area contributed by atoms with E-state index in [1.54, 1.807) is 25.3 Å². The van der Waals surface area contributed by atoms with Gasteiger partial charge in [0, 0.05) is 25.7 Å². The number of amidine groups is 1. The van der Waals surface area contributed by atoms with E-state index in [-0.39, 0.29) is 17.7 Å². The molecule has 0 fully saturated rings. The summed E-state index contributed by atoms with van der Waals surface area (Å²) in [6, 6.07) is 4.72. The van der Waals surface area contributed by atoms with E-state index in [0.29, 0.717) is 29.3 Å². The summed E-state index contributed by atoms with van der Waals surface area (Å²) in [6.07, 6.45) is 0.317. The van der Waals surface area contributed by atoms with Crippen LogP contribution >= 0.6 is 11.6 Å². The molecule has 0 saturated heterocycles. The third-order valence-electron chi connectivity index (χ3n) is 2.63. The molecule has 1 atom stereocenters. The predicted octanol–water partition coefficient (Wildman–Crippen LogP) is 2.05. The maximum absolute atomic E-state index is 11.9. The average molecular weight is 300 g/mol. The molecular formula is C13H18ClN3O3. The van der Waals surface area contributed by atoms with Crippen molar-refractivity contribution in [1.82, 2.24) is 0 Å². The van der Waals surface area contributed by atoms with Crippen LogP contribution in [0.4, 0.5) is 5.69 Å². The molecule has 1 amide bonds. The molecule has 7 heteroatoms. The number of amides is 1. The van der Waals surface area contributed by atoms with Gasteiger partial charge in [-0.25, -0.2) is 0 Å². The molecule has 0 aliphatic rings. The number of nitrogens with two attached hydrogens (primary N) is 1. The van der Waals surface area contributed by atoms with E-state index >= 15 is 0 Å². The van der Waals surface area contributed by atoms with Crippen LogP contribution in [0.25, 0.3) is 0 Å². The number of carbonyl (C=O) groups excluding carboxylic acids is 1. The Morgan fingerprint density at radius 1 is 1.60 bits per heavy atom. The van der Waals surface area contributed by atoms with Crippen molar-refractivity contribution < 1.29 is 14.7 Å². The maximum atomic E-state index is 11.9. The fourth-order valence-corrected chi connectivity index (χ4v) is 1.86. The van der Waals surface area contributed by atoms with Gasteiger partial charge in [-0.15, -0.1) is 0 Å². The van der Waals surface area contributed by atoms with Crippen molar-refractivity contribution in [2.24, 2.45) is 16.8 Å². The second-order valence-electron chi connectivity index (χ2n) is 4.49. The van der Waals surface area contributed by atoms with Crippen molar-refractivity contribution in [3.8, 4) is 0 Å². The van der Waals surface area contributed by atoms with Crippen LogP contribution in [0.3, 0.4) is 0 Å². The van der Waals surface area contributed by atoms with E-state index in [9.17, 15) is 4.79 Å². The SMILES string of the molecule is COCC(C)CC(=O)Nc1cc(/C(N)=N/O)ccc1Cl. The Morgan fingerprint density at radius 3 is 2.90 bits per heavy atom. The number of nitrogens with zero attached hydrogens (tertiary/aromatic N) is 1. The Hall–Kier alpha value is -1.79. The first-order valence-corrected chi connectivity index (χ1v) is 6.42. The van der Waals surface area contributed by atoms with E-state index in [0.717, 1.165) is 0 Å². The molecule has 1 aromatic carbocycles. The third kappa shape index (κ3) is 4.71. The van der Waals surface area contributed by atoms with Crippen molar-refractivity contribution in [2.75, 3.05) is 19.0 Å².